The lowest BCUT2D eigenvalue weighted by Crippen LogP contribution is -2.26. The van der Waals surface area contributed by atoms with Crippen LogP contribution in [0.25, 0.3) is 0 Å². The van der Waals surface area contributed by atoms with Gasteiger partial charge >= 0.3 is 0 Å². The highest BCUT2D eigenvalue weighted by Crippen LogP contribution is 2.32. The highest BCUT2D eigenvalue weighted by atomic mass is 35.5. The predicted molar refractivity (Wildman–Crippen MR) is 95.5 cm³/mol. The number of carbonyl (C=O) groups excluding carboxylic acids is 1. The number of hydrogen-bond donors (Lipinski definition) is 2. The zero-order valence-corrected chi connectivity index (χ0v) is 14.6. The molecule has 1 amide bonds. The van der Waals surface area contributed by atoms with Gasteiger partial charge < -0.3 is 10.6 Å². The molecule has 0 saturated carbocycles. The predicted octanol–water partition coefficient (Wildman–Crippen LogP) is 4.01. The SMILES string of the molecule is CC(C(=O)Nc1ncc(C2CCNCC2)s1)c1cccc(Cl)c1. The first kappa shape index (κ1) is 16.4. The van der Waals surface area contributed by atoms with Gasteiger partial charge in [0.2, 0.25) is 5.91 Å². The van der Waals surface area contributed by atoms with Crippen LogP contribution in [-0.2, 0) is 4.79 Å². The molecule has 1 aromatic heterocycles. The van der Waals surface area contributed by atoms with E-state index in [0.29, 0.717) is 16.1 Å². The van der Waals surface area contributed by atoms with Gasteiger partial charge in [-0.05, 0) is 56.5 Å². The van der Waals surface area contributed by atoms with Crippen LogP contribution >= 0.6 is 22.9 Å². The van der Waals surface area contributed by atoms with Crippen LogP contribution in [0.4, 0.5) is 5.13 Å². The van der Waals surface area contributed by atoms with Crippen LogP contribution in [0.5, 0.6) is 0 Å². The Hall–Kier alpha value is -1.43. The molecule has 23 heavy (non-hydrogen) atoms. The number of nitrogens with zero attached hydrogens (tertiary/aromatic N) is 1. The van der Waals surface area contributed by atoms with E-state index in [2.05, 4.69) is 15.6 Å². The number of anilines is 1. The first-order chi connectivity index (χ1) is 11.1. The fourth-order valence-corrected chi connectivity index (χ4v) is 3.97. The second-order valence-corrected chi connectivity index (χ2v) is 7.36. The molecule has 1 aromatic carbocycles. The third kappa shape index (κ3) is 4.10. The fraction of sp³-hybridized carbons (Fsp3) is 0.412. The van der Waals surface area contributed by atoms with Crippen molar-refractivity contribution in [3.8, 4) is 0 Å². The summed E-state index contributed by atoms with van der Waals surface area (Å²) in [5.74, 6) is 0.239. The van der Waals surface area contributed by atoms with Crippen molar-refractivity contribution in [2.75, 3.05) is 18.4 Å². The molecular formula is C17H20ClN3OS. The Morgan fingerprint density at radius 3 is 2.96 bits per heavy atom. The van der Waals surface area contributed by atoms with E-state index in [0.717, 1.165) is 31.5 Å². The molecule has 1 aliphatic rings. The number of amides is 1. The highest BCUT2D eigenvalue weighted by Gasteiger charge is 2.20. The molecule has 1 atom stereocenters. The van der Waals surface area contributed by atoms with E-state index in [1.54, 1.807) is 11.3 Å². The van der Waals surface area contributed by atoms with Crippen LogP contribution in [0.1, 0.15) is 42.0 Å². The van der Waals surface area contributed by atoms with E-state index in [1.165, 1.54) is 4.88 Å². The number of piperidine rings is 1. The second-order valence-electron chi connectivity index (χ2n) is 5.86. The van der Waals surface area contributed by atoms with Crippen LogP contribution in [-0.4, -0.2) is 24.0 Å². The minimum atomic E-state index is -0.264. The average Bonchev–Trinajstić information content (AvgIpc) is 3.03. The van der Waals surface area contributed by atoms with E-state index in [-0.39, 0.29) is 11.8 Å². The summed E-state index contributed by atoms with van der Waals surface area (Å²) in [5.41, 5.74) is 0.908. The lowest BCUT2D eigenvalue weighted by Gasteiger charge is -2.20. The van der Waals surface area contributed by atoms with E-state index >= 15 is 0 Å². The van der Waals surface area contributed by atoms with Gasteiger partial charge in [0.15, 0.2) is 5.13 Å². The van der Waals surface area contributed by atoms with Gasteiger partial charge in [-0.15, -0.1) is 11.3 Å². The fourth-order valence-electron chi connectivity index (χ4n) is 2.78. The Kier molecular flexibility index (Phi) is 5.30. The summed E-state index contributed by atoms with van der Waals surface area (Å²) in [5, 5.41) is 7.62. The quantitative estimate of drug-likeness (QED) is 0.877. The Morgan fingerprint density at radius 1 is 1.43 bits per heavy atom. The maximum Gasteiger partial charge on any atom is 0.233 e. The Bertz CT molecular complexity index is 682. The van der Waals surface area contributed by atoms with E-state index in [4.69, 9.17) is 11.6 Å². The van der Waals surface area contributed by atoms with E-state index in [9.17, 15) is 4.79 Å². The molecule has 1 aliphatic heterocycles. The molecule has 1 fully saturated rings. The minimum absolute atomic E-state index is 0.0570. The molecule has 2 aromatic rings. The standard InChI is InChI=1S/C17H20ClN3OS/c1-11(13-3-2-4-14(18)9-13)16(22)21-17-20-10-15(23-17)12-5-7-19-8-6-12/h2-4,9-12,19H,5-8H2,1H3,(H,20,21,22). The average molecular weight is 350 g/mol. The maximum atomic E-state index is 12.4. The smallest absolute Gasteiger partial charge is 0.233 e. The van der Waals surface area contributed by atoms with Crippen molar-refractivity contribution < 1.29 is 4.79 Å². The highest BCUT2D eigenvalue weighted by molar-refractivity contribution is 7.15. The molecule has 1 unspecified atom stereocenters. The Balaban J connectivity index is 1.64. The summed E-state index contributed by atoms with van der Waals surface area (Å²) in [6, 6.07) is 7.41. The molecule has 0 spiro atoms. The first-order valence-corrected chi connectivity index (χ1v) is 9.05. The molecule has 4 nitrogen and oxygen atoms in total. The van der Waals surface area contributed by atoms with Crippen molar-refractivity contribution in [3.05, 3.63) is 45.9 Å². The molecule has 2 N–H and O–H groups in total. The van der Waals surface area contributed by atoms with Crippen molar-refractivity contribution in [1.29, 1.82) is 0 Å². The normalized spacial score (nSPS) is 17.0. The Morgan fingerprint density at radius 2 is 2.22 bits per heavy atom. The summed E-state index contributed by atoms with van der Waals surface area (Å²) < 4.78 is 0. The summed E-state index contributed by atoms with van der Waals surface area (Å²) in [4.78, 5) is 18.0. The molecule has 122 valence electrons. The molecule has 0 bridgehead atoms. The summed E-state index contributed by atoms with van der Waals surface area (Å²) in [6.45, 7) is 3.98. The molecular weight excluding hydrogens is 330 g/mol. The second kappa shape index (κ2) is 7.43. The van der Waals surface area contributed by atoms with Crippen LogP contribution in [0.3, 0.4) is 0 Å². The van der Waals surface area contributed by atoms with Gasteiger partial charge in [0.05, 0.1) is 5.92 Å². The number of aromatic nitrogens is 1. The number of benzene rings is 1. The number of thiazole rings is 1. The Labute approximate surface area is 145 Å². The molecule has 3 rings (SSSR count). The monoisotopic (exact) mass is 349 g/mol. The topological polar surface area (TPSA) is 54.0 Å². The van der Waals surface area contributed by atoms with Gasteiger partial charge in [0.25, 0.3) is 0 Å². The summed E-state index contributed by atoms with van der Waals surface area (Å²) in [7, 11) is 0. The van der Waals surface area contributed by atoms with Gasteiger partial charge in [0.1, 0.15) is 0 Å². The third-order valence-corrected chi connectivity index (χ3v) is 5.55. The largest absolute Gasteiger partial charge is 0.317 e. The first-order valence-electron chi connectivity index (χ1n) is 7.86. The number of hydrogen-bond acceptors (Lipinski definition) is 4. The number of carbonyl (C=O) groups is 1. The van der Waals surface area contributed by atoms with Crippen LogP contribution < -0.4 is 10.6 Å². The van der Waals surface area contributed by atoms with Crippen LogP contribution in [0.2, 0.25) is 5.02 Å². The van der Waals surface area contributed by atoms with Crippen molar-refractivity contribution in [2.45, 2.75) is 31.6 Å². The number of halogens is 1. The van der Waals surface area contributed by atoms with Gasteiger partial charge in [-0.2, -0.15) is 0 Å². The van der Waals surface area contributed by atoms with Gasteiger partial charge in [-0.3, -0.25) is 4.79 Å². The van der Waals surface area contributed by atoms with E-state index < -0.39 is 0 Å². The molecule has 6 heteroatoms. The zero-order valence-electron chi connectivity index (χ0n) is 13.0. The summed E-state index contributed by atoms with van der Waals surface area (Å²) >= 11 is 7.58. The zero-order chi connectivity index (χ0) is 16.2. The van der Waals surface area contributed by atoms with Crippen molar-refractivity contribution in [3.63, 3.8) is 0 Å². The molecule has 1 saturated heterocycles. The van der Waals surface area contributed by atoms with E-state index in [1.807, 2.05) is 37.4 Å². The van der Waals surface area contributed by atoms with Crippen LogP contribution in [0, 0.1) is 0 Å². The maximum absolute atomic E-state index is 12.4. The van der Waals surface area contributed by atoms with Crippen molar-refractivity contribution in [2.24, 2.45) is 0 Å². The minimum Gasteiger partial charge on any atom is -0.317 e. The summed E-state index contributed by atoms with van der Waals surface area (Å²) in [6.07, 6.45) is 4.17. The lowest BCUT2D eigenvalue weighted by atomic mass is 9.97. The number of rotatable bonds is 4. The van der Waals surface area contributed by atoms with Crippen LogP contribution in [0.15, 0.2) is 30.5 Å². The van der Waals surface area contributed by atoms with Gasteiger partial charge in [0, 0.05) is 16.1 Å². The molecule has 2 heterocycles. The van der Waals surface area contributed by atoms with Gasteiger partial charge in [-0.25, -0.2) is 4.98 Å². The molecule has 0 radical (unpaired) electrons. The molecule has 0 aliphatic carbocycles. The van der Waals surface area contributed by atoms with Gasteiger partial charge in [-0.1, -0.05) is 23.7 Å². The van der Waals surface area contributed by atoms with Crippen molar-refractivity contribution >= 4 is 34.0 Å². The lowest BCUT2D eigenvalue weighted by molar-refractivity contribution is -0.117. The third-order valence-electron chi connectivity index (χ3n) is 4.24. The number of nitrogens with one attached hydrogen (secondary N) is 2. The van der Waals surface area contributed by atoms with Crippen molar-refractivity contribution in [1.82, 2.24) is 10.3 Å².